The summed E-state index contributed by atoms with van der Waals surface area (Å²) >= 11 is 1.68. The van der Waals surface area contributed by atoms with Crippen LogP contribution in [0.1, 0.15) is 5.56 Å². The molecule has 0 nitrogen and oxygen atoms in total. The summed E-state index contributed by atoms with van der Waals surface area (Å²) in [5.74, 6) is 0. The fourth-order valence-electron chi connectivity index (χ4n) is 0.297. The zero-order chi connectivity index (χ0) is 4.41. The van der Waals surface area contributed by atoms with Crippen LogP contribution in [0.3, 0.4) is 0 Å². The molecule has 0 atom stereocenters. The molecule has 35 valence electrons. The quantitative estimate of drug-likeness (QED) is 0.542. The Balaban J connectivity index is 0.000000360. The first-order valence-electron chi connectivity index (χ1n) is 1.80. The number of aryl methyl sites for hydroxylation is 1. The maximum absolute atomic E-state index is 3.02. The van der Waals surface area contributed by atoms with E-state index in [0.29, 0.717) is 0 Å². The second-order valence-electron chi connectivity index (χ2n) is 1.20. The van der Waals surface area contributed by atoms with Crippen molar-refractivity contribution in [1.82, 2.24) is 0 Å². The maximum atomic E-state index is 3.02. The number of hydrogen-bond acceptors (Lipinski definition) is 1. The van der Waals surface area contributed by atoms with Crippen LogP contribution in [0.4, 0.5) is 0 Å². The fraction of sp³-hybridized carbons (Fsp3) is 0.200. The molecule has 1 heterocycles. The van der Waals surface area contributed by atoms with Gasteiger partial charge in [-0.05, 0) is 0 Å². The van der Waals surface area contributed by atoms with E-state index in [2.05, 4.69) is 11.4 Å². The molecular weight excluding hydrogens is 181 g/mol. The Morgan fingerprint density at radius 1 is 1.71 bits per heavy atom. The van der Waals surface area contributed by atoms with E-state index in [1.54, 1.807) is 11.3 Å². The third-order valence-corrected chi connectivity index (χ3v) is 1.34. The first-order chi connectivity index (χ1) is 2.89. The predicted molar refractivity (Wildman–Crippen MR) is 27.9 cm³/mol. The molecule has 0 spiro atoms. The van der Waals surface area contributed by atoms with E-state index in [0.717, 1.165) is 0 Å². The molecule has 0 saturated heterocycles. The molecule has 0 aromatic carbocycles. The van der Waals surface area contributed by atoms with Crippen molar-refractivity contribution in [2.24, 2.45) is 0 Å². The van der Waals surface area contributed by atoms with Crippen LogP contribution in [-0.4, -0.2) is 0 Å². The van der Waals surface area contributed by atoms with Crippen LogP contribution >= 0.6 is 11.3 Å². The van der Waals surface area contributed by atoms with Crippen molar-refractivity contribution in [3.63, 3.8) is 0 Å². The molecule has 0 aliphatic rings. The molecule has 1 aromatic heterocycles. The van der Waals surface area contributed by atoms with Crippen molar-refractivity contribution in [2.45, 2.75) is 6.92 Å². The molecule has 0 aliphatic heterocycles. The molecular formula is C5H5SY-. The summed E-state index contributed by atoms with van der Waals surface area (Å²) in [4.78, 5) is 0. The van der Waals surface area contributed by atoms with Gasteiger partial charge >= 0.3 is 0 Å². The molecule has 0 saturated carbocycles. The molecule has 1 rings (SSSR count). The summed E-state index contributed by atoms with van der Waals surface area (Å²) in [6.45, 7) is 2.04. The second-order valence-corrected chi connectivity index (χ2v) is 1.94. The van der Waals surface area contributed by atoms with Gasteiger partial charge in [0.05, 0.1) is 0 Å². The number of rotatable bonds is 0. The Morgan fingerprint density at radius 2 is 2.43 bits per heavy atom. The summed E-state index contributed by atoms with van der Waals surface area (Å²) in [7, 11) is 0. The van der Waals surface area contributed by atoms with Gasteiger partial charge in [-0.1, -0.05) is 6.92 Å². The third-order valence-electron chi connectivity index (χ3n) is 0.599. The van der Waals surface area contributed by atoms with Crippen LogP contribution in [0.15, 0.2) is 10.8 Å². The first kappa shape index (κ1) is 7.80. The molecule has 7 heavy (non-hydrogen) atoms. The minimum Gasteiger partial charge on any atom is -0.273 e. The smallest absolute Gasteiger partial charge is 0 e. The molecule has 2 heteroatoms. The van der Waals surface area contributed by atoms with E-state index in [1.165, 1.54) is 5.56 Å². The van der Waals surface area contributed by atoms with Gasteiger partial charge in [-0.3, -0.25) is 11.3 Å². The second kappa shape index (κ2) is 3.76. The standard InChI is InChI=1S/C5H5S.Y/c1-5-2-3-6-4-5;/h3-4H,1H3;/q-1;. The molecule has 0 aliphatic carbocycles. The Labute approximate surface area is 72.8 Å². The summed E-state index contributed by atoms with van der Waals surface area (Å²) < 4.78 is 0. The Morgan fingerprint density at radius 3 is 2.57 bits per heavy atom. The van der Waals surface area contributed by atoms with E-state index in [-0.39, 0.29) is 32.7 Å². The maximum Gasteiger partial charge on any atom is 0 e. The summed E-state index contributed by atoms with van der Waals surface area (Å²) in [6.07, 6.45) is 0. The average Bonchev–Trinajstić information content (AvgIpc) is 1.86. The number of thiophene rings is 1. The topological polar surface area (TPSA) is 0 Å². The molecule has 1 aromatic rings. The van der Waals surface area contributed by atoms with E-state index in [9.17, 15) is 0 Å². The predicted octanol–water partition coefficient (Wildman–Crippen LogP) is 1.85. The van der Waals surface area contributed by atoms with Crippen LogP contribution in [0.2, 0.25) is 0 Å². The monoisotopic (exact) mass is 186 g/mol. The van der Waals surface area contributed by atoms with Gasteiger partial charge in [-0.25, -0.2) is 11.6 Å². The van der Waals surface area contributed by atoms with Gasteiger partial charge in [0.2, 0.25) is 0 Å². The van der Waals surface area contributed by atoms with Gasteiger partial charge in [0.15, 0.2) is 0 Å². The van der Waals surface area contributed by atoms with Crippen LogP contribution in [-0.2, 0) is 32.7 Å². The van der Waals surface area contributed by atoms with Crippen LogP contribution in [0.5, 0.6) is 0 Å². The molecule has 0 N–H and O–H groups in total. The zero-order valence-corrected chi connectivity index (χ0v) is 7.80. The largest absolute Gasteiger partial charge is 0.273 e. The van der Waals surface area contributed by atoms with E-state index < -0.39 is 0 Å². The zero-order valence-electron chi connectivity index (χ0n) is 4.14. The molecule has 1 radical (unpaired) electrons. The van der Waals surface area contributed by atoms with E-state index >= 15 is 0 Å². The van der Waals surface area contributed by atoms with Crippen molar-refractivity contribution >= 4 is 11.3 Å². The van der Waals surface area contributed by atoms with E-state index in [1.807, 2.05) is 12.3 Å². The molecule has 0 bridgehead atoms. The average molecular weight is 186 g/mol. The summed E-state index contributed by atoms with van der Waals surface area (Å²) in [5.41, 5.74) is 1.24. The van der Waals surface area contributed by atoms with Gasteiger partial charge in [0, 0.05) is 32.7 Å². The van der Waals surface area contributed by atoms with Crippen LogP contribution in [0, 0.1) is 13.0 Å². The minimum absolute atomic E-state index is 0. The van der Waals surface area contributed by atoms with Gasteiger partial charge in [-0.2, -0.15) is 5.38 Å². The third kappa shape index (κ3) is 2.58. The molecule has 0 amide bonds. The van der Waals surface area contributed by atoms with Crippen molar-refractivity contribution in [1.29, 1.82) is 0 Å². The summed E-state index contributed by atoms with van der Waals surface area (Å²) in [5, 5.41) is 4.02. The van der Waals surface area contributed by atoms with Gasteiger partial charge < -0.3 is 0 Å². The van der Waals surface area contributed by atoms with Crippen LogP contribution in [0.25, 0.3) is 0 Å². The van der Waals surface area contributed by atoms with Gasteiger partial charge in [-0.15, -0.1) is 5.38 Å². The normalized spacial score (nSPS) is 7.57. The van der Waals surface area contributed by atoms with Gasteiger partial charge in [0.1, 0.15) is 0 Å². The fourth-order valence-corrected chi connectivity index (χ4v) is 0.891. The van der Waals surface area contributed by atoms with Crippen molar-refractivity contribution in [2.75, 3.05) is 0 Å². The Hall–Kier alpha value is 0.804. The van der Waals surface area contributed by atoms with Crippen molar-refractivity contribution in [3.8, 4) is 0 Å². The SMILES string of the molecule is Cc1[c-]csc1.[Y]. The van der Waals surface area contributed by atoms with Crippen molar-refractivity contribution < 1.29 is 32.7 Å². The van der Waals surface area contributed by atoms with E-state index in [4.69, 9.17) is 0 Å². The van der Waals surface area contributed by atoms with Crippen molar-refractivity contribution in [3.05, 3.63) is 22.4 Å². The Kier molecular flexibility index (Phi) is 4.20. The first-order valence-corrected chi connectivity index (χ1v) is 2.74. The van der Waals surface area contributed by atoms with Crippen LogP contribution < -0.4 is 0 Å². The minimum atomic E-state index is 0. The molecule has 0 unspecified atom stereocenters. The number of hydrogen-bond donors (Lipinski definition) is 0. The molecule has 0 fully saturated rings. The Bertz CT molecular complexity index is 112. The van der Waals surface area contributed by atoms with Gasteiger partial charge in [0.25, 0.3) is 0 Å². The summed E-state index contributed by atoms with van der Waals surface area (Å²) in [6, 6.07) is 3.02.